The van der Waals surface area contributed by atoms with Crippen molar-refractivity contribution in [3.63, 3.8) is 0 Å². The number of allylic oxidation sites excluding steroid dienone is 2. The predicted octanol–water partition coefficient (Wildman–Crippen LogP) is 4.43. The maximum absolute atomic E-state index is 13.0. The Morgan fingerprint density at radius 1 is 1.03 bits per heavy atom. The molecule has 0 N–H and O–H groups in total. The number of halogens is 1. The van der Waals surface area contributed by atoms with Gasteiger partial charge >= 0.3 is 0 Å². The van der Waals surface area contributed by atoms with Crippen molar-refractivity contribution in [2.24, 2.45) is 0 Å². The van der Waals surface area contributed by atoms with Crippen molar-refractivity contribution in [3.05, 3.63) is 82.2 Å². The molecule has 8 heteroatoms. The van der Waals surface area contributed by atoms with Crippen LogP contribution >= 0.6 is 35.6 Å². The van der Waals surface area contributed by atoms with E-state index in [1.807, 2.05) is 36.4 Å². The molecule has 2 aromatic rings. The van der Waals surface area contributed by atoms with Crippen LogP contribution in [0.2, 0.25) is 5.02 Å². The van der Waals surface area contributed by atoms with Crippen LogP contribution < -0.4 is 4.90 Å². The van der Waals surface area contributed by atoms with Crippen LogP contribution in [-0.2, 0) is 14.4 Å². The number of thiocarbonyl (C=S) groups is 1. The topological polar surface area (TPSA) is 57.7 Å². The summed E-state index contributed by atoms with van der Waals surface area (Å²) in [5, 5.41) is 0.500. The van der Waals surface area contributed by atoms with Crippen LogP contribution in [0.4, 0.5) is 5.69 Å². The van der Waals surface area contributed by atoms with Crippen molar-refractivity contribution >= 4 is 69.4 Å². The number of carbonyl (C=O) groups is 3. The number of anilines is 1. The second-order valence-electron chi connectivity index (χ2n) is 6.61. The Balaban J connectivity index is 1.53. The van der Waals surface area contributed by atoms with Gasteiger partial charge in [-0.05, 0) is 35.9 Å². The Morgan fingerprint density at radius 2 is 1.73 bits per heavy atom. The van der Waals surface area contributed by atoms with Crippen molar-refractivity contribution in [3.8, 4) is 0 Å². The lowest BCUT2D eigenvalue weighted by Gasteiger charge is -2.21. The molecular formula is C22H15ClN2O3S2. The van der Waals surface area contributed by atoms with E-state index in [4.69, 9.17) is 23.8 Å². The Hall–Kier alpha value is -2.74. The van der Waals surface area contributed by atoms with Crippen molar-refractivity contribution in [1.82, 2.24) is 4.90 Å². The van der Waals surface area contributed by atoms with Gasteiger partial charge in [-0.15, -0.1) is 0 Å². The molecule has 5 nitrogen and oxygen atoms in total. The van der Waals surface area contributed by atoms with Crippen LogP contribution in [0, 0.1) is 0 Å². The molecule has 2 aliphatic heterocycles. The number of rotatable bonds is 4. The fourth-order valence-electron chi connectivity index (χ4n) is 3.25. The molecule has 150 valence electrons. The highest BCUT2D eigenvalue weighted by Crippen LogP contribution is 2.36. The highest BCUT2D eigenvalue weighted by atomic mass is 35.5. The van der Waals surface area contributed by atoms with E-state index >= 15 is 0 Å². The van der Waals surface area contributed by atoms with Crippen molar-refractivity contribution in [2.75, 3.05) is 4.90 Å². The minimum Gasteiger partial charge on any atom is -0.280 e. The molecule has 0 radical (unpaired) electrons. The standard InChI is InChI=1S/C22H15ClN2O3S2/c23-15-9-11-16(12-10-15)24-19(26)13-17(20(24)27)25-21(28)18(30-22(25)29)8-4-7-14-5-2-1-3-6-14/h1-12,17H,13H2. The van der Waals surface area contributed by atoms with E-state index in [1.165, 1.54) is 4.90 Å². The number of amides is 3. The molecule has 0 aliphatic carbocycles. The van der Waals surface area contributed by atoms with Gasteiger partial charge in [-0.2, -0.15) is 0 Å². The van der Waals surface area contributed by atoms with Crippen LogP contribution in [0.5, 0.6) is 0 Å². The summed E-state index contributed by atoms with van der Waals surface area (Å²) in [5.41, 5.74) is 1.42. The first kappa shape index (κ1) is 20.5. The van der Waals surface area contributed by atoms with E-state index in [0.29, 0.717) is 15.6 Å². The Kier molecular flexibility index (Phi) is 5.85. The number of benzene rings is 2. The van der Waals surface area contributed by atoms with Gasteiger partial charge in [-0.25, -0.2) is 4.90 Å². The second-order valence-corrected chi connectivity index (χ2v) is 8.72. The molecule has 3 amide bonds. The Bertz CT molecular complexity index is 1100. The Labute approximate surface area is 188 Å². The first-order chi connectivity index (χ1) is 14.5. The maximum Gasteiger partial charge on any atom is 0.266 e. The van der Waals surface area contributed by atoms with Crippen LogP contribution in [0.3, 0.4) is 0 Å². The zero-order valence-electron chi connectivity index (χ0n) is 15.5. The van der Waals surface area contributed by atoms with Crippen LogP contribution in [-0.4, -0.2) is 33.0 Å². The molecule has 0 spiro atoms. The third-order valence-electron chi connectivity index (χ3n) is 4.68. The summed E-state index contributed by atoms with van der Waals surface area (Å²) in [7, 11) is 0. The number of hydrogen-bond acceptors (Lipinski definition) is 5. The lowest BCUT2D eigenvalue weighted by atomic mass is 10.2. The van der Waals surface area contributed by atoms with Gasteiger partial charge in [0.25, 0.3) is 11.8 Å². The number of imide groups is 1. The van der Waals surface area contributed by atoms with E-state index in [9.17, 15) is 14.4 Å². The first-order valence-corrected chi connectivity index (χ1v) is 10.7. The maximum atomic E-state index is 13.0. The van der Waals surface area contributed by atoms with Crippen molar-refractivity contribution in [2.45, 2.75) is 12.5 Å². The molecule has 1 atom stereocenters. The van der Waals surface area contributed by atoms with E-state index in [-0.39, 0.29) is 22.6 Å². The molecule has 0 bridgehead atoms. The van der Waals surface area contributed by atoms with Crippen molar-refractivity contribution < 1.29 is 14.4 Å². The van der Waals surface area contributed by atoms with Crippen LogP contribution in [0.1, 0.15) is 12.0 Å². The molecule has 2 fully saturated rings. The average Bonchev–Trinajstić information content (AvgIpc) is 3.18. The van der Waals surface area contributed by atoms with Crippen LogP contribution in [0.15, 0.2) is 71.7 Å². The van der Waals surface area contributed by atoms with Gasteiger partial charge < -0.3 is 0 Å². The number of carbonyl (C=O) groups excluding carboxylic acids is 3. The molecule has 0 saturated carbocycles. The minimum atomic E-state index is -0.940. The van der Waals surface area contributed by atoms with E-state index in [2.05, 4.69) is 0 Å². The van der Waals surface area contributed by atoms with E-state index in [0.717, 1.165) is 22.2 Å². The quantitative estimate of drug-likeness (QED) is 0.388. The van der Waals surface area contributed by atoms with Gasteiger partial charge in [0.2, 0.25) is 5.91 Å². The highest BCUT2D eigenvalue weighted by molar-refractivity contribution is 8.26. The Morgan fingerprint density at radius 3 is 2.43 bits per heavy atom. The fourth-order valence-corrected chi connectivity index (χ4v) is 4.69. The summed E-state index contributed by atoms with van der Waals surface area (Å²) in [5.74, 6) is -1.22. The van der Waals surface area contributed by atoms with Crippen molar-refractivity contribution in [1.29, 1.82) is 0 Å². The van der Waals surface area contributed by atoms with Gasteiger partial charge in [0.05, 0.1) is 17.0 Å². The molecular weight excluding hydrogens is 440 g/mol. The predicted molar refractivity (Wildman–Crippen MR) is 123 cm³/mol. The normalized spacial score (nSPS) is 21.0. The smallest absolute Gasteiger partial charge is 0.266 e. The molecule has 2 aromatic carbocycles. The summed E-state index contributed by atoms with van der Waals surface area (Å²) < 4.78 is 0.267. The average molecular weight is 455 g/mol. The summed E-state index contributed by atoms with van der Waals surface area (Å²) in [4.78, 5) is 41.1. The minimum absolute atomic E-state index is 0.110. The largest absolute Gasteiger partial charge is 0.280 e. The SMILES string of the molecule is O=C1CC(N2C(=O)C(=CC=Cc3ccccc3)SC2=S)C(=O)N1c1ccc(Cl)cc1. The first-order valence-electron chi connectivity index (χ1n) is 9.07. The number of thioether (sulfide) groups is 1. The molecule has 2 saturated heterocycles. The van der Waals surface area contributed by atoms with Crippen LogP contribution in [0.25, 0.3) is 6.08 Å². The fraction of sp³-hybridized carbons (Fsp3) is 0.0909. The van der Waals surface area contributed by atoms with E-state index in [1.54, 1.807) is 36.4 Å². The van der Waals surface area contributed by atoms with Gasteiger partial charge in [-0.1, -0.05) is 78.1 Å². The molecule has 4 rings (SSSR count). The summed E-state index contributed by atoms with van der Waals surface area (Å²) in [6, 6.07) is 15.1. The van der Waals surface area contributed by atoms with Gasteiger partial charge in [0.15, 0.2) is 0 Å². The lowest BCUT2D eigenvalue weighted by molar-refractivity contribution is -0.130. The summed E-state index contributed by atoms with van der Waals surface area (Å²) in [6.45, 7) is 0. The number of nitrogens with zero attached hydrogens (tertiary/aromatic N) is 2. The van der Waals surface area contributed by atoms with Gasteiger partial charge in [0, 0.05) is 5.02 Å². The summed E-state index contributed by atoms with van der Waals surface area (Å²) >= 11 is 12.4. The second kappa shape index (κ2) is 8.55. The number of hydrogen-bond donors (Lipinski definition) is 0. The molecule has 1 unspecified atom stereocenters. The molecule has 30 heavy (non-hydrogen) atoms. The summed E-state index contributed by atoms with van der Waals surface area (Å²) in [6.07, 6.45) is 5.20. The lowest BCUT2D eigenvalue weighted by Crippen LogP contribution is -2.44. The van der Waals surface area contributed by atoms with Gasteiger partial charge in [0.1, 0.15) is 10.4 Å². The van der Waals surface area contributed by atoms with E-state index < -0.39 is 11.9 Å². The molecule has 0 aromatic heterocycles. The monoisotopic (exact) mass is 454 g/mol. The zero-order valence-corrected chi connectivity index (χ0v) is 17.9. The highest BCUT2D eigenvalue weighted by Gasteiger charge is 2.48. The molecule has 2 heterocycles. The molecule has 2 aliphatic rings. The third-order valence-corrected chi connectivity index (χ3v) is 6.28. The zero-order chi connectivity index (χ0) is 21.3. The third kappa shape index (κ3) is 3.96. The van der Waals surface area contributed by atoms with Gasteiger partial charge in [-0.3, -0.25) is 19.3 Å².